The van der Waals surface area contributed by atoms with Crippen molar-refractivity contribution in [2.24, 2.45) is 0 Å². The summed E-state index contributed by atoms with van der Waals surface area (Å²) in [6, 6.07) is 4.28. The molecule has 1 rings (SSSR count). The van der Waals surface area contributed by atoms with Crippen molar-refractivity contribution in [2.75, 3.05) is 19.6 Å². The third-order valence-corrected chi connectivity index (χ3v) is 9.76. The van der Waals surface area contributed by atoms with Gasteiger partial charge in [0.05, 0.1) is 29.7 Å². The maximum atomic E-state index is 12.7. The van der Waals surface area contributed by atoms with E-state index in [0.29, 0.717) is 69.9 Å². The minimum absolute atomic E-state index is 0.00451. The summed E-state index contributed by atoms with van der Waals surface area (Å²) < 4.78 is 18.1. The lowest BCUT2D eigenvalue weighted by Crippen LogP contribution is -2.23. The summed E-state index contributed by atoms with van der Waals surface area (Å²) in [5, 5.41) is 19.9. The van der Waals surface area contributed by atoms with Crippen LogP contribution >= 0.6 is 7.75 Å². The molecule has 0 fully saturated rings. The molecule has 0 aliphatic carbocycles. The summed E-state index contributed by atoms with van der Waals surface area (Å²) in [6.07, 6.45) is 10.8. The van der Waals surface area contributed by atoms with Gasteiger partial charge in [0, 0.05) is 64.1 Å². The Kier molecular flexibility index (Phi) is 25.8. The second-order valence-corrected chi connectivity index (χ2v) is 15.0. The largest absolute Gasteiger partial charge is 0.403 e. The van der Waals surface area contributed by atoms with Gasteiger partial charge >= 0.3 is 7.75 Å². The Morgan fingerprint density at radius 3 is 2.19 bits per heavy atom. The number of nitro benzene ring substituents is 1. The third kappa shape index (κ3) is 24.7. The maximum Gasteiger partial charge on any atom is 0.403 e. The van der Waals surface area contributed by atoms with Gasteiger partial charge in [-0.05, 0) is 70.9 Å². The zero-order chi connectivity index (χ0) is 40.2. The fraction of sp³-hybridized carbons (Fsp3) is 0.641. The van der Waals surface area contributed by atoms with Crippen molar-refractivity contribution in [3.8, 4) is 11.8 Å². The summed E-state index contributed by atoms with van der Waals surface area (Å²) in [4.78, 5) is 80.5. The molecule has 1 aromatic carbocycles. The lowest BCUT2D eigenvalue weighted by molar-refractivity contribution is -0.386. The Morgan fingerprint density at radius 1 is 0.907 bits per heavy atom. The number of carbonyl (C=O) groups is 5. The van der Waals surface area contributed by atoms with Crippen LogP contribution < -0.4 is 15.7 Å². The van der Waals surface area contributed by atoms with Gasteiger partial charge in [-0.1, -0.05) is 44.1 Å². The first-order valence-corrected chi connectivity index (χ1v) is 20.6. The van der Waals surface area contributed by atoms with Gasteiger partial charge in [0.15, 0.2) is 0 Å². The van der Waals surface area contributed by atoms with Gasteiger partial charge in [0.2, 0.25) is 5.91 Å². The SMILES string of the molecule is CC#CCNCC(=O)CCCCCNP(=O)(O)OC(C)c1cc(CNC(=O)CCCCCCC(=O)CCCCC[CH]C(=O)CCC(C)=O)ccc1[N+](=O)[O-]. The van der Waals surface area contributed by atoms with E-state index < -0.39 is 18.8 Å². The van der Waals surface area contributed by atoms with E-state index in [1.165, 1.54) is 32.0 Å². The van der Waals surface area contributed by atoms with E-state index in [2.05, 4.69) is 27.6 Å². The van der Waals surface area contributed by atoms with Crippen molar-refractivity contribution in [1.82, 2.24) is 15.7 Å². The molecule has 0 heterocycles. The number of hydrogen-bond acceptors (Lipinski definition) is 10. The molecule has 14 nitrogen and oxygen atoms in total. The molecule has 54 heavy (non-hydrogen) atoms. The monoisotopic (exact) mass is 775 g/mol. The van der Waals surface area contributed by atoms with E-state index in [9.17, 15) is 43.5 Å². The minimum atomic E-state index is -4.31. The Labute approximate surface area is 320 Å². The highest BCUT2D eigenvalue weighted by Gasteiger charge is 2.28. The van der Waals surface area contributed by atoms with Gasteiger partial charge in [-0.15, -0.1) is 5.92 Å². The maximum absolute atomic E-state index is 12.7. The smallest absolute Gasteiger partial charge is 0.352 e. The number of carbonyl (C=O) groups excluding carboxylic acids is 5. The van der Waals surface area contributed by atoms with Crippen LogP contribution in [0.4, 0.5) is 5.69 Å². The second-order valence-electron chi connectivity index (χ2n) is 13.4. The van der Waals surface area contributed by atoms with Gasteiger partial charge in [0.1, 0.15) is 23.1 Å². The fourth-order valence-corrected chi connectivity index (χ4v) is 6.54. The van der Waals surface area contributed by atoms with Crippen LogP contribution in [0.1, 0.15) is 147 Å². The molecule has 0 saturated carbocycles. The Hall–Kier alpha value is -3.60. The number of hydrogen-bond donors (Lipinski definition) is 4. The van der Waals surface area contributed by atoms with E-state index in [-0.39, 0.29) is 72.8 Å². The highest BCUT2D eigenvalue weighted by atomic mass is 31.2. The highest BCUT2D eigenvalue weighted by molar-refractivity contribution is 7.50. The quantitative estimate of drug-likeness (QED) is 0.0193. The third-order valence-electron chi connectivity index (χ3n) is 8.54. The second kappa shape index (κ2) is 28.8. The number of ketones is 4. The van der Waals surface area contributed by atoms with Crippen LogP contribution in [0.5, 0.6) is 0 Å². The molecule has 1 aromatic rings. The first kappa shape index (κ1) is 48.4. The summed E-state index contributed by atoms with van der Waals surface area (Å²) in [5.41, 5.74) is 0.391. The summed E-state index contributed by atoms with van der Waals surface area (Å²) in [7, 11) is -4.31. The molecule has 1 radical (unpaired) electrons. The summed E-state index contributed by atoms with van der Waals surface area (Å²) >= 11 is 0. The van der Waals surface area contributed by atoms with Crippen LogP contribution in [0.15, 0.2) is 18.2 Å². The van der Waals surface area contributed by atoms with Crippen LogP contribution in [0.25, 0.3) is 0 Å². The average Bonchev–Trinajstić information content (AvgIpc) is 3.12. The summed E-state index contributed by atoms with van der Waals surface area (Å²) in [5.74, 6) is 5.67. The van der Waals surface area contributed by atoms with Gasteiger partial charge in [-0.3, -0.25) is 39.1 Å². The predicted octanol–water partition coefficient (Wildman–Crippen LogP) is 6.72. The van der Waals surface area contributed by atoms with Crippen molar-refractivity contribution in [1.29, 1.82) is 0 Å². The zero-order valence-electron chi connectivity index (χ0n) is 32.3. The first-order valence-electron chi connectivity index (χ1n) is 19.0. The molecule has 15 heteroatoms. The summed E-state index contributed by atoms with van der Waals surface area (Å²) in [6.45, 7) is 5.61. The average molecular weight is 776 g/mol. The van der Waals surface area contributed by atoms with Crippen LogP contribution in [-0.4, -0.2) is 58.5 Å². The molecule has 0 spiro atoms. The van der Waals surface area contributed by atoms with Crippen molar-refractivity contribution in [2.45, 2.75) is 143 Å². The highest BCUT2D eigenvalue weighted by Crippen LogP contribution is 2.44. The lowest BCUT2D eigenvalue weighted by Gasteiger charge is -2.19. The van der Waals surface area contributed by atoms with Crippen LogP contribution in [0, 0.1) is 28.4 Å². The molecule has 0 aliphatic heterocycles. The number of nitro groups is 1. The first-order chi connectivity index (χ1) is 25.7. The Balaban J connectivity index is 2.33. The molecular formula is C39H60N4O10P. The van der Waals surface area contributed by atoms with Gasteiger partial charge in [0.25, 0.3) is 5.69 Å². The van der Waals surface area contributed by atoms with Crippen molar-refractivity contribution in [3.05, 3.63) is 45.9 Å². The number of amides is 1. The number of benzene rings is 1. The van der Waals surface area contributed by atoms with Crippen LogP contribution in [0.2, 0.25) is 0 Å². The molecule has 301 valence electrons. The lowest BCUT2D eigenvalue weighted by atomic mass is 10.0. The molecular weight excluding hydrogens is 715 g/mol. The number of Topliss-reactive ketones (excluding diaryl/α,β-unsaturated/α-hetero) is 4. The standard InChI is InChI=1S/C39H60N4O10P/c1-4-5-26-40-30-36(47)20-14-10-16-27-42-54(51,52)53-32(3)37-28-33(23-25-38(37)43(49)50)29-41-39(48)21-15-9-8-12-18-34(45)17-11-6-7-13-19-35(46)24-22-31(2)44/h19,23,25,28,32,40H,6-18,20-22,24,26-27,29-30H2,1-3H3,(H,41,48)(H2,42,51,52). The molecule has 2 atom stereocenters. The zero-order valence-corrected chi connectivity index (χ0v) is 33.1. The topological polar surface area (TPSA) is 211 Å². The van der Waals surface area contributed by atoms with Crippen molar-refractivity contribution < 1.29 is 42.9 Å². The molecule has 0 aliphatic rings. The molecule has 1 amide bonds. The Bertz CT molecular complexity index is 1470. The number of nitrogens with zero attached hydrogens (tertiary/aromatic N) is 1. The van der Waals surface area contributed by atoms with E-state index >= 15 is 0 Å². The van der Waals surface area contributed by atoms with Gasteiger partial charge in [-0.2, -0.15) is 0 Å². The molecule has 4 N–H and O–H groups in total. The van der Waals surface area contributed by atoms with E-state index in [0.717, 1.165) is 38.5 Å². The van der Waals surface area contributed by atoms with Gasteiger partial charge in [-0.25, -0.2) is 9.65 Å². The predicted molar refractivity (Wildman–Crippen MR) is 207 cm³/mol. The Morgan fingerprint density at radius 2 is 1.54 bits per heavy atom. The number of rotatable bonds is 33. The van der Waals surface area contributed by atoms with E-state index in [1.807, 2.05) is 0 Å². The fourth-order valence-electron chi connectivity index (χ4n) is 5.48. The van der Waals surface area contributed by atoms with Gasteiger partial charge < -0.3 is 15.0 Å². The van der Waals surface area contributed by atoms with E-state index in [4.69, 9.17) is 4.52 Å². The molecule has 2 unspecified atom stereocenters. The molecule has 0 bridgehead atoms. The van der Waals surface area contributed by atoms with E-state index in [1.54, 1.807) is 13.3 Å². The van der Waals surface area contributed by atoms with Crippen LogP contribution in [-0.2, 0) is 39.6 Å². The molecule has 0 saturated heterocycles. The normalized spacial score (nSPS) is 12.6. The minimum Gasteiger partial charge on any atom is -0.352 e. The van der Waals surface area contributed by atoms with Crippen molar-refractivity contribution >= 4 is 42.5 Å². The molecule has 0 aromatic heterocycles. The van der Waals surface area contributed by atoms with Crippen molar-refractivity contribution in [3.63, 3.8) is 0 Å². The number of nitrogens with one attached hydrogen (secondary N) is 3. The van der Waals surface area contributed by atoms with Crippen LogP contribution in [0.3, 0.4) is 0 Å². The number of unbranched alkanes of at least 4 members (excludes halogenated alkanes) is 8.